The van der Waals surface area contributed by atoms with Gasteiger partial charge in [-0.2, -0.15) is 0 Å². The van der Waals surface area contributed by atoms with Gasteiger partial charge in [-0.15, -0.1) is 0 Å². The van der Waals surface area contributed by atoms with Crippen molar-refractivity contribution in [3.05, 3.63) is 0 Å². The molecular formula is C9H13BrO. The Balaban J connectivity index is 1.94. The van der Waals surface area contributed by atoms with Crippen molar-refractivity contribution >= 4 is 15.9 Å². The average molecular weight is 217 g/mol. The van der Waals surface area contributed by atoms with E-state index in [9.17, 15) is 0 Å². The largest absolute Gasteiger partial charge is 0.370 e. The van der Waals surface area contributed by atoms with Crippen LogP contribution in [-0.4, -0.2) is 17.0 Å². The van der Waals surface area contributed by atoms with E-state index in [1.54, 1.807) is 0 Å². The van der Waals surface area contributed by atoms with Gasteiger partial charge < -0.3 is 4.74 Å². The van der Waals surface area contributed by atoms with Gasteiger partial charge in [-0.1, -0.05) is 29.8 Å². The molecule has 11 heavy (non-hydrogen) atoms. The van der Waals surface area contributed by atoms with E-state index in [1.165, 1.54) is 12.8 Å². The highest BCUT2D eigenvalue weighted by Crippen LogP contribution is 2.76. The third-order valence-electron chi connectivity index (χ3n) is 4.28. The molecule has 4 atom stereocenters. The highest BCUT2D eigenvalue weighted by atomic mass is 79.9. The Morgan fingerprint density at radius 2 is 1.64 bits per heavy atom. The molecule has 2 aliphatic carbocycles. The second kappa shape index (κ2) is 1.56. The predicted octanol–water partition coefficient (Wildman–Crippen LogP) is 2.34. The number of rotatable bonds is 0. The maximum atomic E-state index is 5.54. The summed E-state index contributed by atoms with van der Waals surface area (Å²) in [6, 6.07) is 0. The van der Waals surface area contributed by atoms with Crippen LogP contribution in [0.4, 0.5) is 0 Å². The molecule has 0 aromatic rings. The summed E-state index contributed by atoms with van der Waals surface area (Å²) in [5.41, 5.74) is 1.09. The van der Waals surface area contributed by atoms with Crippen LogP contribution in [0.3, 0.4) is 0 Å². The van der Waals surface area contributed by atoms with Crippen molar-refractivity contribution in [3.8, 4) is 0 Å². The molecular weight excluding hydrogens is 204 g/mol. The smallest absolute Gasteiger partial charge is 0.0847 e. The van der Waals surface area contributed by atoms with E-state index in [4.69, 9.17) is 4.74 Å². The molecule has 0 radical (unpaired) electrons. The number of hydrogen-bond acceptors (Lipinski definition) is 1. The molecule has 0 aromatic heterocycles. The summed E-state index contributed by atoms with van der Waals surface area (Å²) in [6.45, 7) is 4.79. The second-order valence-corrected chi connectivity index (χ2v) is 5.73. The summed E-state index contributed by atoms with van der Waals surface area (Å²) in [5, 5.41) is 0. The molecule has 1 heterocycles. The van der Waals surface area contributed by atoms with Gasteiger partial charge in [-0.25, -0.2) is 0 Å². The van der Waals surface area contributed by atoms with E-state index in [2.05, 4.69) is 29.8 Å². The summed E-state index contributed by atoms with van der Waals surface area (Å²) in [7, 11) is 0. The van der Waals surface area contributed by atoms with Gasteiger partial charge in [0.2, 0.25) is 0 Å². The number of hydrogen-bond donors (Lipinski definition) is 0. The number of ether oxygens (including phenoxy) is 1. The lowest BCUT2D eigenvalue weighted by molar-refractivity contribution is 0.309. The third kappa shape index (κ3) is 0.592. The zero-order valence-electron chi connectivity index (χ0n) is 6.93. The zero-order valence-corrected chi connectivity index (χ0v) is 8.52. The monoisotopic (exact) mass is 216 g/mol. The van der Waals surface area contributed by atoms with Crippen LogP contribution in [0, 0.1) is 10.8 Å². The standard InChI is InChI=1S/C9H13BrO/c1-8-3-5-6(11-5)4-9(8,2)7(8)10/h5-7H,3-4H2,1-2H3. The first-order valence-corrected chi connectivity index (χ1v) is 5.29. The van der Waals surface area contributed by atoms with Crippen LogP contribution >= 0.6 is 15.9 Å². The Morgan fingerprint density at radius 3 is 2.09 bits per heavy atom. The van der Waals surface area contributed by atoms with Crippen molar-refractivity contribution in [2.24, 2.45) is 10.8 Å². The average Bonchev–Trinajstić information content (AvgIpc) is 2.73. The maximum Gasteiger partial charge on any atom is 0.0847 e. The van der Waals surface area contributed by atoms with Crippen molar-refractivity contribution in [2.75, 3.05) is 0 Å². The topological polar surface area (TPSA) is 12.5 Å². The Hall–Kier alpha value is 0.440. The van der Waals surface area contributed by atoms with Crippen LogP contribution in [-0.2, 0) is 4.74 Å². The highest BCUT2D eigenvalue weighted by Gasteiger charge is 2.75. The van der Waals surface area contributed by atoms with E-state index >= 15 is 0 Å². The first kappa shape index (κ1) is 6.90. The molecule has 0 bridgehead atoms. The van der Waals surface area contributed by atoms with Crippen molar-refractivity contribution in [2.45, 2.75) is 43.7 Å². The van der Waals surface area contributed by atoms with Crippen LogP contribution in [0.25, 0.3) is 0 Å². The zero-order chi connectivity index (χ0) is 7.85. The minimum absolute atomic E-state index is 0.546. The van der Waals surface area contributed by atoms with Gasteiger partial charge >= 0.3 is 0 Å². The van der Waals surface area contributed by atoms with Crippen LogP contribution < -0.4 is 0 Å². The number of epoxide rings is 1. The first-order chi connectivity index (χ1) is 5.08. The van der Waals surface area contributed by atoms with Crippen LogP contribution in [0.2, 0.25) is 0 Å². The molecule has 0 spiro atoms. The summed E-state index contributed by atoms with van der Waals surface area (Å²) in [5.74, 6) is 0. The highest BCUT2D eigenvalue weighted by molar-refractivity contribution is 9.09. The minimum atomic E-state index is 0.546. The van der Waals surface area contributed by atoms with Crippen molar-refractivity contribution in [1.82, 2.24) is 0 Å². The lowest BCUT2D eigenvalue weighted by Crippen LogP contribution is -2.19. The molecule has 1 saturated heterocycles. The van der Waals surface area contributed by atoms with Crippen molar-refractivity contribution in [3.63, 3.8) is 0 Å². The van der Waals surface area contributed by atoms with E-state index in [0.717, 1.165) is 4.83 Å². The Labute approximate surface area is 75.6 Å². The van der Waals surface area contributed by atoms with Crippen molar-refractivity contribution in [1.29, 1.82) is 0 Å². The molecule has 0 amide bonds. The third-order valence-corrected chi connectivity index (χ3v) is 6.30. The molecule has 3 aliphatic rings. The van der Waals surface area contributed by atoms with Gasteiger partial charge in [0.25, 0.3) is 0 Å². The van der Waals surface area contributed by atoms with E-state index < -0.39 is 0 Å². The van der Waals surface area contributed by atoms with Crippen LogP contribution in [0.5, 0.6) is 0 Å². The summed E-state index contributed by atoms with van der Waals surface area (Å²) in [6.07, 6.45) is 3.81. The summed E-state index contributed by atoms with van der Waals surface area (Å²) < 4.78 is 5.54. The Kier molecular flexibility index (Phi) is 0.977. The van der Waals surface area contributed by atoms with Gasteiger partial charge in [0, 0.05) is 4.83 Å². The van der Waals surface area contributed by atoms with E-state index in [0.29, 0.717) is 23.0 Å². The molecule has 2 heteroatoms. The fraction of sp³-hybridized carbons (Fsp3) is 1.00. The molecule has 0 aromatic carbocycles. The molecule has 2 saturated carbocycles. The lowest BCUT2D eigenvalue weighted by Gasteiger charge is -2.19. The van der Waals surface area contributed by atoms with Gasteiger partial charge in [-0.05, 0) is 23.7 Å². The van der Waals surface area contributed by atoms with Gasteiger partial charge in [0.1, 0.15) is 0 Å². The van der Waals surface area contributed by atoms with Gasteiger partial charge in [0.15, 0.2) is 0 Å². The molecule has 4 unspecified atom stereocenters. The van der Waals surface area contributed by atoms with E-state index in [1.807, 2.05) is 0 Å². The number of alkyl halides is 1. The molecule has 3 rings (SSSR count). The number of halogens is 1. The normalized spacial score (nSPS) is 71.7. The SMILES string of the molecule is CC12CC3OC3CC1(C)C2Br. The minimum Gasteiger partial charge on any atom is -0.370 e. The lowest BCUT2D eigenvalue weighted by atomic mass is 9.82. The maximum absolute atomic E-state index is 5.54. The van der Waals surface area contributed by atoms with Gasteiger partial charge in [-0.3, -0.25) is 0 Å². The molecule has 0 N–H and O–H groups in total. The molecule has 3 fully saturated rings. The molecule has 62 valence electrons. The summed E-state index contributed by atoms with van der Waals surface area (Å²) >= 11 is 3.78. The Bertz CT molecular complexity index is 208. The van der Waals surface area contributed by atoms with Crippen molar-refractivity contribution < 1.29 is 4.74 Å². The summed E-state index contributed by atoms with van der Waals surface area (Å²) in [4.78, 5) is 0.749. The second-order valence-electron chi connectivity index (χ2n) is 4.82. The first-order valence-electron chi connectivity index (χ1n) is 4.37. The molecule has 1 nitrogen and oxygen atoms in total. The van der Waals surface area contributed by atoms with Crippen LogP contribution in [0.1, 0.15) is 26.7 Å². The van der Waals surface area contributed by atoms with Crippen LogP contribution in [0.15, 0.2) is 0 Å². The fourth-order valence-electron chi connectivity index (χ4n) is 2.93. The van der Waals surface area contributed by atoms with E-state index in [-0.39, 0.29) is 0 Å². The van der Waals surface area contributed by atoms with Gasteiger partial charge in [0.05, 0.1) is 12.2 Å². The predicted molar refractivity (Wildman–Crippen MR) is 46.8 cm³/mol. The molecule has 1 aliphatic heterocycles. The number of fused-ring (bicyclic) bond motifs is 2. The quantitative estimate of drug-likeness (QED) is 0.448. The Morgan fingerprint density at radius 1 is 1.18 bits per heavy atom. The fourth-order valence-corrected chi connectivity index (χ4v) is 4.22.